The number of fused-ring (bicyclic) bond motifs is 1. The molecule has 22 heavy (non-hydrogen) atoms. The van der Waals surface area contributed by atoms with Crippen LogP contribution < -0.4 is 16.2 Å². The van der Waals surface area contributed by atoms with E-state index < -0.39 is 5.91 Å². The van der Waals surface area contributed by atoms with Crippen LogP contribution in [0.15, 0.2) is 10.9 Å². The molecule has 0 aliphatic rings. The van der Waals surface area contributed by atoms with Crippen molar-refractivity contribution in [3.63, 3.8) is 0 Å². The van der Waals surface area contributed by atoms with Crippen molar-refractivity contribution in [1.29, 1.82) is 0 Å². The van der Waals surface area contributed by atoms with Crippen LogP contribution in [-0.4, -0.2) is 39.2 Å². The van der Waals surface area contributed by atoms with Crippen LogP contribution in [0.5, 0.6) is 0 Å². The second-order valence-corrected chi connectivity index (χ2v) is 5.41. The van der Waals surface area contributed by atoms with Crippen LogP contribution in [0.2, 0.25) is 0 Å². The molecule has 118 valence electrons. The van der Waals surface area contributed by atoms with Crippen LogP contribution in [-0.2, 0) is 11.8 Å². The Morgan fingerprint density at radius 2 is 2.09 bits per heavy atom. The van der Waals surface area contributed by atoms with Gasteiger partial charge < -0.3 is 10.6 Å². The Morgan fingerprint density at radius 1 is 1.41 bits per heavy atom. The number of aryl methyl sites for hydroxylation is 2. The minimum absolute atomic E-state index is 0.00348. The Hall–Kier alpha value is -2.64. The van der Waals surface area contributed by atoms with E-state index in [1.807, 2.05) is 13.8 Å². The Morgan fingerprint density at radius 3 is 2.73 bits per heavy atom. The van der Waals surface area contributed by atoms with Gasteiger partial charge in [-0.3, -0.25) is 24.2 Å². The molecule has 0 spiro atoms. The van der Waals surface area contributed by atoms with E-state index in [0.29, 0.717) is 11.3 Å². The number of nitrogens with zero attached hydrogens (tertiary/aromatic N) is 2. The van der Waals surface area contributed by atoms with E-state index in [4.69, 9.17) is 0 Å². The highest BCUT2D eigenvalue weighted by molar-refractivity contribution is 6.06. The Labute approximate surface area is 126 Å². The Balaban J connectivity index is 2.29. The summed E-state index contributed by atoms with van der Waals surface area (Å²) in [7, 11) is 1.65. The zero-order valence-electron chi connectivity index (χ0n) is 13.0. The zero-order chi connectivity index (χ0) is 16.4. The lowest BCUT2D eigenvalue weighted by molar-refractivity contribution is -0.120. The molecule has 0 bridgehead atoms. The smallest absolute Gasteiger partial charge is 0.274 e. The minimum atomic E-state index is -0.480. The fraction of sp³-hybridized carbons (Fsp3) is 0.429. The van der Waals surface area contributed by atoms with Gasteiger partial charge in [0.1, 0.15) is 0 Å². The van der Waals surface area contributed by atoms with Gasteiger partial charge in [0, 0.05) is 18.8 Å². The highest BCUT2D eigenvalue weighted by atomic mass is 16.2. The monoisotopic (exact) mass is 305 g/mol. The summed E-state index contributed by atoms with van der Waals surface area (Å²) in [6.45, 7) is 5.25. The van der Waals surface area contributed by atoms with Gasteiger partial charge in [0.25, 0.3) is 11.5 Å². The number of aromatic amines is 1. The first kappa shape index (κ1) is 15.7. The largest absolute Gasteiger partial charge is 0.352 e. The maximum atomic E-state index is 12.3. The van der Waals surface area contributed by atoms with Crippen molar-refractivity contribution in [1.82, 2.24) is 25.4 Å². The van der Waals surface area contributed by atoms with E-state index in [0.717, 1.165) is 0 Å². The molecule has 2 heterocycles. The molecular weight excluding hydrogens is 286 g/mol. The van der Waals surface area contributed by atoms with E-state index >= 15 is 0 Å². The number of carbonyl (C=O) groups is 2. The summed E-state index contributed by atoms with van der Waals surface area (Å²) in [4.78, 5) is 40.1. The first-order chi connectivity index (χ1) is 10.3. The standard InChI is InChI=1S/C14H19N5O3/c1-7(2)16-10(20)6-15-13(21)9-5-8(3)17-12-11(9)14(22)18-19(12)4/h5,7H,6H2,1-4H3,(H,15,21)(H,16,20)(H,18,22). The molecule has 8 nitrogen and oxygen atoms in total. The van der Waals surface area contributed by atoms with Gasteiger partial charge in [-0.15, -0.1) is 0 Å². The zero-order valence-corrected chi connectivity index (χ0v) is 13.0. The van der Waals surface area contributed by atoms with Crippen molar-refractivity contribution in [2.45, 2.75) is 26.8 Å². The molecule has 3 N–H and O–H groups in total. The number of aromatic nitrogens is 3. The third kappa shape index (κ3) is 3.16. The highest BCUT2D eigenvalue weighted by Gasteiger charge is 2.18. The van der Waals surface area contributed by atoms with E-state index in [1.165, 1.54) is 10.7 Å². The summed E-state index contributed by atoms with van der Waals surface area (Å²) in [6.07, 6.45) is 0. The molecule has 0 saturated heterocycles. The lowest BCUT2D eigenvalue weighted by Crippen LogP contribution is -2.40. The van der Waals surface area contributed by atoms with Gasteiger partial charge in [-0.25, -0.2) is 4.98 Å². The molecule has 0 unspecified atom stereocenters. The molecule has 2 aromatic heterocycles. The van der Waals surface area contributed by atoms with Gasteiger partial charge in [-0.05, 0) is 26.8 Å². The van der Waals surface area contributed by atoms with E-state index in [9.17, 15) is 14.4 Å². The van der Waals surface area contributed by atoms with E-state index in [-0.39, 0.29) is 35.0 Å². The maximum Gasteiger partial charge on any atom is 0.274 e. The molecule has 0 atom stereocenters. The fourth-order valence-corrected chi connectivity index (χ4v) is 2.19. The number of rotatable bonds is 4. The number of H-pyrrole nitrogens is 1. The van der Waals surface area contributed by atoms with Crippen LogP contribution >= 0.6 is 0 Å². The number of carbonyl (C=O) groups excluding carboxylic acids is 2. The number of nitrogens with one attached hydrogen (secondary N) is 3. The van der Waals surface area contributed by atoms with Crippen LogP contribution in [0.1, 0.15) is 29.9 Å². The maximum absolute atomic E-state index is 12.3. The lowest BCUT2D eigenvalue weighted by atomic mass is 10.1. The average Bonchev–Trinajstić information content (AvgIpc) is 2.69. The average molecular weight is 305 g/mol. The SMILES string of the molecule is Cc1cc(C(=O)NCC(=O)NC(C)C)c2c(=O)[nH]n(C)c2n1. The quantitative estimate of drug-likeness (QED) is 0.728. The number of amides is 2. The Bertz CT molecular complexity index is 788. The predicted molar refractivity (Wildman–Crippen MR) is 81.7 cm³/mol. The topological polar surface area (TPSA) is 109 Å². The molecule has 0 fully saturated rings. The molecule has 0 aliphatic heterocycles. The van der Waals surface area contributed by atoms with Crippen LogP contribution in [0.3, 0.4) is 0 Å². The van der Waals surface area contributed by atoms with Gasteiger partial charge in [-0.1, -0.05) is 0 Å². The predicted octanol–water partition coefficient (Wildman–Crippen LogP) is -0.176. The van der Waals surface area contributed by atoms with Gasteiger partial charge in [0.15, 0.2) is 5.65 Å². The van der Waals surface area contributed by atoms with Gasteiger partial charge in [0.2, 0.25) is 5.91 Å². The van der Waals surface area contributed by atoms with Gasteiger partial charge in [-0.2, -0.15) is 0 Å². The normalized spacial score (nSPS) is 11.0. The summed E-state index contributed by atoms with van der Waals surface area (Å²) in [5, 5.41) is 7.98. The first-order valence-electron chi connectivity index (χ1n) is 6.93. The first-order valence-corrected chi connectivity index (χ1v) is 6.93. The van der Waals surface area contributed by atoms with Crippen LogP contribution in [0.4, 0.5) is 0 Å². The molecule has 0 aliphatic carbocycles. The van der Waals surface area contributed by atoms with Crippen molar-refractivity contribution in [2.75, 3.05) is 6.54 Å². The highest BCUT2D eigenvalue weighted by Crippen LogP contribution is 2.14. The summed E-state index contributed by atoms with van der Waals surface area (Å²) >= 11 is 0. The molecule has 8 heteroatoms. The number of hydrogen-bond acceptors (Lipinski definition) is 4. The molecule has 0 aromatic carbocycles. The number of pyridine rings is 1. The van der Waals surface area contributed by atoms with E-state index in [1.54, 1.807) is 14.0 Å². The summed E-state index contributed by atoms with van der Waals surface area (Å²) in [6, 6.07) is 1.53. The van der Waals surface area contributed by atoms with Crippen molar-refractivity contribution >= 4 is 22.8 Å². The molecular formula is C14H19N5O3. The molecule has 2 rings (SSSR count). The van der Waals surface area contributed by atoms with Crippen LogP contribution in [0, 0.1) is 6.92 Å². The third-order valence-corrected chi connectivity index (χ3v) is 3.05. The van der Waals surface area contributed by atoms with Crippen molar-refractivity contribution in [3.05, 3.63) is 27.7 Å². The molecule has 2 amide bonds. The second-order valence-electron chi connectivity index (χ2n) is 5.41. The summed E-state index contributed by atoms with van der Waals surface area (Å²) < 4.78 is 1.47. The third-order valence-electron chi connectivity index (χ3n) is 3.05. The van der Waals surface area contributed by atoms with Crippen molar-refractivity contribution in [2.24, 2.45) is 7.05 Å². The summed E-state index contributed by atoms with van der Waals surface area (Å²) in [5.41, 5.74) is 0.837. The molecule has 2 aromatic rings. The van der Waals surface area contributed by atoms with E-state index in [2.05, 4.69) is 20.7 Å². The second kappa shape index (κ2) is 6.00. The summed E-state index contributed by atoms with van der Waals surface area (Å²) in [5.74, 6) is -0.765. The van der Waals surface area contributed by atoms with Gasteiger partial charge >= 0.3 is 0 Å². The molecule has 0 saturated carbocycles. The van der Waals surface area contributed by atoms with Crippen LogP contribution in [0.25, 0.3) is 11.0 Å². The van der Waals surface area contributed by atoms with Crippen molar-refractivity contribution in [3.8, 4) is 0 Å². The van der Waals surface area contributed by atoms with Gasteiger partial charge in [0.05, 0.1) is 17.5 Å². The number of hydrogen-bond donors (Lipinski definition) is 3. The van der Waals surface area contributed by atoms with Crippen molar-refractivity contribution < 1.29 is 9.59 Å². The fourth-order valence-electron chi connectivity index (χ4n) is 2.19. The lowest BCUT2D eigenvalue weighted by Gasteiger charge is -2.10. The minimum Gasteiger partial charge on any atom is -0.352 e. The molecule has 0 radical (unpaired) electrons. The Kier molecular flexibility index (Phi) is 4.30.